The largest absolute Gasteiger partial charge is 0.473 e. The number of nitrogen functional groups attached to an aromatic ring is 1. The SMILES string of the molecule is CC(C)Oc1nc(NC2CCCc3sccc32)ccc1N. The molecule has 2 aromatic rings. The van der Waals surface area contributed by atoms with Crippen molar-refractivity contribution in [3.8, 4) is 5.88 Å². The second-order valence-corrected chi connectivity index (χ2v) is 6.65. The van der Waals surface area contributed by atoms with E-state index in [2.05, 4.69) is 21.7 Å². The topological polar surface area (TPSA) is 60.2 Å². The van der Waals surface area contributed by atoms with Gasteiger partial charge in [0.05, 0.1) is 17.8 Å². The maximum Gasteiger partial charge on any atom is 0.239 e. The van der Waals surface area contributed by atoms with Crippen LogP contribution in [0.1, 0.15) is 43.2 Å². The number of ether oxygens (including phenoxy) is 1. The number of thiophene rings is 1. The van der Waals surface area contributed by atoms with E-state index in [1.807, 2.05) is 37.3 Å². The monoisotopic (exact) mass is 303 g/mol. The van der Waals surface area contributed by atoms with Crippen molar-refractivity contribution in [1.82, 2.24) is 4.98 Å². The molecule has 2 aromatic heterocycles. The molecule has 3 rings (SSSR count). The van der Waals surface area contributed by atoms with E-state index in [-0.39, 0.29) is 6.10 Å². The second kappa shape index (κ2) is 5.93. The minimum absolute atomic E-state index is 0.0632. The van der Waals surface area contributed by atoms with Crippen LogP contribution in [0.4, 0.5) is 11.5 Å². The highest BCUT2D eigenvalue weighted by Crippen LogP contribution is 2.35. The molecule has 4 nitrogen and oxygen atoms in total. The minimum Gasteiger partial charge on any atom is -0.473 e. The van der Waals surface area contributed by atoms with Crippen molar-refractivity contribution in [1.29, 1.82) is 0 Å². The van der Waals surface area contributed by atoms with Gasteiger partial charge >= 0.3 is 0 Å². The first-order chi connectivity index (χ1) is 10.1. The van der Waals surface area contributed by atoms with E-state index in [9.17, 15) is 0 Å². The first-order valence-corrected chi connectivity index (χ1v) is 8.27. The van der Waals surface area contributed by atoms with Gasteiger partial charge in [0.1, 0.15) is 5.82 Å². The summed E-state index contributed by atoms with van der Waals surface area (Å²) in [6.45, 7) is 3.94. The van der Waals surface area contributed by atoms with E-state index < -0.39 is 0 Å². The maximum atomic E-state index is 5.92. The van der Waals surface area contributed by atoms with Crippen LogP contribution < -0.4 is 15.8 Å². The number of pyridine rings is 1. The van der Waals surface area contributed by atoms with Crippen LogP contribution in [0.5, 0.6) is 5.88 Å². The van der Waals surface area contributed by atoms with Crippen molar-refractivity contribution in [3.63, 3.8) is 0 Å². The van der Waals surface area contributed by atoms with E-state index in [0.717, 1.165) is 12.2 Å². The number of aromatic nitrogens is 1. The van der Waals surface area contributed by atoms with E-state index >= 15 is 0 Å². The average molecular weight is 303 g/mol. The van der Waals surface area contributed by atoms with E-state index in [4.69, 9.17) is 10.5 Å². The van der Waals surface area contributed by atoms with Crippen molar-refractivity contribution < 1.29 is 4.74 Å². The van der Waals surface area contributed by atoms with Crippen LogP contribution in [0.25, 0.3) is 0 Å². The van der Waals surface area contributed by atoms with Gasteiger partial charge in [-0.3, -0.25) is 0 Å². The molecule has 1 unspecified atom stereocenters. The number of nitrogens with two attached hydrogens (primary N) is 1. The van der Waals surface area contributed by atoms with Crippen LogP contribution >= 0.6 is 11.3 Å². The first-order valence-electron chi connectivity index (χ1n) is 7.39. The number of hydrogen-bond acceptors (Lipinski definition) is 5. The smallest absolute Gasteiger partial charge is 0.239 e. The summed E-state index contributed by atoms with van der Waals surface area (Å²) in [5.41, 5.74) is 7.91. The zero-order valence-corrected chi connectivity index (χ0v) is 13.2. The predicted octanol–water partition coefficient (Wildman–Crippen LogP) is 4.00. The number of rotatable bonds is 4. The predicted molar refractivity (Wildman–Crippen MR) is 88.0 cm³/mol. The summed E-state index contributed by atoms with van der Waals surface area (Å²) in [5.74, 6) is 1.33. The lowest BCUT2D eigenvalue weighted by molar-refractivity contribution is 0.234. The van der Waals surface area contributed by atoms with Gasteiger partial charge in [-0.1, -0.05) is 0 Å². The van der Waals surface area contributed by atoms with Crippen LogP contribution in [0, 0.1) is 0 Å². The highest BCUT2D eigenvalue weighted by molar-refractivity contribution is 7.10. The first kappa shape index (κ1) is 14.2. The van der Waals surface area contributed by atoms with Gasteiger partial charge in [-0.05, 0) is 62.3 Å². The molecule has 0 saturated heterocycles. The molecule has 0 bridgehead atoms. The highest BCUT2D eigenvalue weighted by Gasteiger charge is 2.21. The van der Waals surface area contributed by atoms with Crippen molar-refractivity contribution in [3.05, 3.63) is 34.0 Å². The molecule has 5 heteroatoms. The summed E-state index contributed by atoms with van der Waals surface area (Å²) < 4.78 is 5.66. The third-order valence-corrected chi connectivity index (χ3v) is 4.61. The van der Waals surface area contributed by atoms with Gasteiger partial charge < -0.3 is 15.8 Å². The molecular weight excluding hydrogens is 282 g/mol. The van der Waals surface area contributed by atoms with Gasteiger partial charge in [0.25, 0.3) is 0 Å². The van der Waals surface area contributed by atoms with Crippen LogP contribution in [-0.2, 0) is 6.42 Å². The van der Waals surface area contributed by atoms with E-state index in [1.54, 1.807) is 0 Å². The summed E-state index contributed by atoms with van der Waals surface area (Å²) in [6, 6.07) is 6.33. The number of nitrogens with one attached hydrogen (secondary N) is 1. The van der Waals surface area contributed by atoms with Gasteiger partial charge in [-0.25, -0.2) is 0 Å². The fourth-order valence-corrected chi connectivity index (χ4v) is 3.65. The standard InChI is InChI=1S/C16H21N3OS/c1-10(2)20-16-12(17)6-7-15(19-16)18-13-4-3-5-14-11(13)8-9-21-14/h6-10,13H,3-5,17H2,1-2H3,(H,18,19). The van der Waals surface area contributed by atoms with Gasteiger partial charge in [0, 0.05) is 4.88 Å². The molecule has 112 valence electrons. The number of fused-ring (bicyclic) bond motifs is 1. The number of aryl methyl sites for hydroxylation is 1. The van der Waals surface area contributed by atoms with Crippen LogP contribution in [0.3, 0.4) is 0 Å². The maximum absolute atomic E-state index is 5.92. The lowest BCUT2D eigenvalue weighted by atomic mass is 9.94. The molecule has 3 N–H and O–H groups in total. The summed E-state index contributed by atoms with van der Waals surface area (Å²) in [4.78, 5) is 6.00. The number of nitrogens with zero attached hydrogens (tertiary/aromatic N) is 1. The molecule has 0 spiro atoms. The molecule has 0 amide bonds. The zero-order chi connectivity index (χ0) is 14.8. The molecule has 0 radical (unpaired) electrons. The molecule has 21 heavy (non-hydrogen) atoms. The average Bonchev–Trinajstić information content (AvgIpc) is 2.91. The summed E-state index contributed by atoms with van der Waals surface area (Å²) in [7, 11) is 0. The van der Waals surface area contributed by atoms with Crippen molar-refractivity contribution in [2.75, 3.05) is 11.1 Å². The lowest BCUT2D eigenvalue weighted by Gasteiger charge is -2.24. The molecule has 0 fully saturated rings. The third kappa shape index (κ3) is 3.13. The van der Waals surface area contributed by atoms with Crippen LogP contribution in [0.2, 0.25) is 0 Å². The second-order valence-electron chi connectivity index (χ2n) is 5.65. The molecule has 1 aliphatic rings. The molecule has 2 heterocycles. The normalized spacial score (nSPS) is 17.6. The summed E-state index contributed by atoms with van der Waals surface area (Å²) in [6.07, 6.45) is 3.61. The Bertz CT molecular complexity index is 624. The Morgan fingerprint density at radius 2 is 2.24 bits per heavy atom. The Balaban J connectivity index is 1.80. The fourth-order valence-electron chi connectivity index (χ4n) is 2.66. The molecule has 0 saturated carbocycles. The zero-order valence-electron chi connectivity index (χ0n) is 12.4. The van der Waals surface area contributed by atoms with Gasteiger partial charge in [0.15, 0.2) is 0 Å². The lowest BCUT2D eigenvalue weighted by Crippen LogP contribution is -2.17. The van der Waals surface area contributed by atoms with Crippen LogP contribution in [0.15, 0.2) is 23.6 Å². The van der Waals surface area contributed by atoms with Crippen molar-refractivity contribution in [2.45, 2.75) is 45.3 Å². The fraction of sp³-hybridized carbons (Fsp3) is 0.438. The Morgan fingerprint density at radius 1 is 1.38 bits per heavy atom. The quantitative estimate of drug-likeness (QED) is 0.896. The van der Waals surface area contributed by atoms with E-state index in [1.165, 1.54) is 23.3 Å². The molecule has 0 aliphatic heterocycles. The Morgan fingerprint density at radius 3 is 3.05 bits per heavy atom. The minimum atomic E-state index is 0.0632. The van der Waals surface area contributed by atoms with E-state index in [0.29, 0.717) is 17.6 Å². The summed E-state index contributed by atoms with van der Waals surface area (Å²) >= 11 is 1.85. The van der Waals surface area contributed by atoms with Crippen LogP contribution in [-0.4, -0.2) is 11.1 Å². The highest BCUT2D eigenvalue weighted by atomic mass is 32.1. The number of hydrogen-bond donors (Lipinski definition) is 2. The molecular formula is C16H21N3OS. The third-order valence-electron chi connectivity index (χ3n) is 3.61. The Hall–Kier alpha value is -1.75. The number of anilines is 2. The van der Waals surface area contributed by atoms with Gasteiger partial charge in [-0.2, -0.15) is 4.98 Å². The van der Waals surface area contributed by atoms with Crippen molar-refractivity contribution in [2.24, 2.45) is 0 Å². The van der Waals surface area contributed by atoms with Gasteiger partial charge in [-0.15, -0.1) is 11.3 Å². The molecule has 1 atom stereocenters. The van der Waals surface area contributed by atoms with Gasteiger partial charge in [0.2, 0.25) is 5.88 Å². The summed E-state index contributed by atoms with van der Waals surface area (Å²) in [5, 5.41) is 5.70. The molecule has 0 aromatic carbocycles. The molecule has 1 aliphatic carbocycles. The Kier molecular flexibility index (Phi) is 4.01. The Labute approximate surface area is 129 Å². The van der Waals surface area contributed by atoms with Crippen molar-refractivity contribution >= 4 is 22.8 Å².